The minimum atomic E-state index is 0.104. The molecule has 1 amide bonds. The Kier molecular flexibility index (Phi) is 2.36. The van der Waals surface area contributed by atoms with Crippen LogP contribution >= 0.6 is 0 Å². The van der Waals surface area contributed by atoms with E-state index in [9.17, 15) is 4.79 Å². The summed E-state index contributed by atoms with van der Waals surface area (Å²) >= 11 is 0. The van der Waals surface area contributed by atoms with Crippen molar-refractivity contribution < 1.29 is 9.53 Å². The van der Waals surface area contributed by atoms with Gasteiger partial charge in [-0.3, -0.25) is 4.79 Å². The summed E-state index contributed by atoms with van der Waals surface area (Å²) < 4.78 is 5.13. The van der Waals surface area contributed by atoms with Crippen LogP contribution in [-0.4, -0.2) is 24.1 Å². The molecule has 2 heterocycles. The molecule has 4 heteroatoms. The summed E-state index contributed by atoms with van der Waals surface area (Å²) in [5.74, 6) is 1.47. The van der Waals surface area contributed by atoms with E-state index in [1.54, 1.807) is 0 Å². The Morgan fingerprint density at radius 1 is 1.38 bits per heavy atom. The smallest absolute Gasteiger partial charge is 0.228 e. The van der Waals surface area contributed by atoms with Gasteiger partial charge in [0, 0.05) is 18.0 Å². The van der Waals surface area contributed by atoms with Gasteiger partial charge >= 0.3 is 0 Å². The van der Waals surface area contributed by atoms with Gasteiger partial charge in [0.25, 0.3) is 0 Å². The van der Waals surface area contributed by atoms with Crippen molar-refractivity contribution in [2.75, 3.05) is 18.5 Å². The Balaban J connectivity index is 1.64. The summed E-state index contributed by atoms with van der Waals surface area (Å²) in [5, 5.41) is 2.82. The molecule has 1 saturated heterocycles. The van der Waals surface area contributed by atoms with Crippen LogP contribution in [0.5, 0.6) is 0 Å². The van der Waals surface area contributed by atoms with Crippen LogP contribution in [0.3, 0.4) is 0 Å². The molecule has 0 atom stereocenters. The van der Waals surface area contributed by atoms with E-state index < -0.39 is 0 Å². The Bertz CT molecular complexity index is 394. The molecule has 84 valence electrons. The number of amides is 1. The first kappa shape index (κ1) is 9.78. The summed E-state index contributed by atoms with van der Waals surface area (Å²) in [7, 11) is 0. The van der Waals surface area contributed by atoms with E-state index in [0.717, 1.165) is 26.1 Å². The van der Waals surface area contributed by atoms with Gasteiger partial charge in [-0.05, 0) is 24.5 Å². The second-order valence-corrected chi connectivity index (χ2v) is 4.47. The SMILES string of the molecule is O=C(Nc1ccc(C2COC2)cn1)C1CC1. The third-order valence-corrected chi connectivity index (χ3v) is 3.10. The van der Waals surface area contributed by atoms with Crippen LogP contribution < -0.4 is 5.32 Å². The number of nitrogens with one attached hydrogen (secondary N) is 1. The highest BCUT2D eigenvalue weighted by Gasteiger charge is 2.29. The molecule has 0 aromatic carbocycles. The lowest BCUT2D eigenvalue weighted by molar-refractivity contribution is -0.117. The maximum absolute atomic E-state index is 11.5. The Morgan fingerprint density at radius 3 is 2.69 bits per heavy atom. The summed E-state index contributed by atoms with van der Waals surface area (Å²) in [6, 6.07) is 3.89. The molecule has 1 N–H and O–H groups in total. The molecule has 0 bridgehead atoms. The minimum Gasteiger partial charge on any atom is -0.380 e. The number of carbonyl (C=O) groups excluding carboxylic acids is 1. The Hall–Kier alpha value is -1.42. The molecule has 1 aromatic rings. The minimum absolute atomic E-state index is 0.104. The molecule has 3 rings (SSSR count). The topological polar surface area (TPSA) is 51.2 Å². The van der Waals surface area contributed by atoms with Crippen molar-refractivity contribution >= 4 is 11.7 Å². The monoisotopic (exact) mass is 218 g/mol. The first-order valence-corrected chi connectivity index (χ1v) is 5.67. The van der Waals surface area contributed by atoms with Crippen LogP contribution in [0.2, 0.25) is 0 Å². The highest BCUT2D eigenvalue weighted by molar-refractivity contribution is 5.93. The molecule has 1 aliphatic heterocycles. The Morgan fingerprint density at radius 2 is 2.19 bits per heavy atom. The highest BCUT2D eigenvalue weighted by Crippen LogP contribution is 2.30. The number of hydrogen-bond donors (Lipinski definition) is 1. The average Bonchev–Trinajstić information content (AvgIpc) is 3.01. The van der Waals surface area contributed by atoms with Gasteiger partial charge < -0.3 is 10.1 Å². The van der Waals surface area contributed by atoms with E-state index in [-0.39, 0.29) is 11.8 Å². The molecular weight excluding hydrogens is 204 g/mol. The number of hydrogen-bond acceptors (Lipinski definition) is 3. The van der Waals surface area contributed by atoms with Gasteiger partial charge in [-0.1, -0.05) is 6.07 Å². The zero-order valence-corrected chi connectivity index (χ0v) is 8.98. The van der Waals surface area contributed by atoms with Gasteiger partial charge in [-0.2, -0.15) is 0 Å². The third-order valence-electron chi connectivity index (χ3n) is 3.10. The normalized spacial score (nSPS) is 20.2. The number of carbonyl (C=O) groups is 1. The van der Waals surface area contributed by atoms with Crippen LogP contribution in [0.25, 0.3) is 0 Å². The lowest BCUT2D eigenvalue weighted by atomic mass is 10.00. The van der Waals surface area contributed by atoms with Gasteiger partial charge in [0.15, 0.2) is 0 Å². The first-order valence-electron chi connectivity index (χ1n) is 5.67. The Labute approximate surface area is 94.0 Å². The second kappa shape index (κ2) is 3.87. The molecule has 0 radical (unpaired) electrons. The molecule has 1 aromatic heterocycles. The van der Waals surface area contributed by atoms with Crippen molar-refractivity contribution in [3.63, 3.8) is 0 Å². The fourth-order valence-corrected chi connectivity index (χ4v) is 1.72. The number of nitrogens with zero attached hydrogens (tertiary/aromatic N) is 1. The van der Waals surface area contributed by atoms with Crippen molar-refractivity contribution in [1.82, 2.24) is 4.98 Å². The molecule has 1 saturated carbocycles. The quantitative estimate of drug-likeness (QED) is 0.837. The zero-order valence-electron chi connectivity index (χ0n) is 8.98. The standard InChI is InChI=1S/C12H14N2O2/c15-12(8-1-2-8)14-11-4-3-9(5-13-11)10-6-16-7-10/h3-5,8,10H,1-2,6-7H2,(H,13,14,15). The summed E-state index contributed by atoms with van der Waals surface area (Å²) in [6.45, 7) is 1.57. The lowest BCUT2D eigenvalue weighted by Crippen LogP contribution is -2.25. The van der Waals surface area contributed by atoms with Gasteiger partial charge in [0.05, 0.1) is 13.2 Å². The molecule has 16 heavy (non-hydrogen) atoms. The van der Waals surface area contributed by atoms with Crippen molar-refractivity contribution in [3.8, 4) is 0 Å². The van der Waals surface area contributed by atoms with Crippen LogP contribution in [0.1, 0.15) is 24.3 Å². The summed E-state index contributed by atoms with van der Waals surface area (Å²) in [6.07, 6.45) is 3.86. The van der Waals surface area contributed by atoms with E-state index in [2.05, 4.69) is 10.3 Å². The van der Waals surface area contributed by atoms with Crippen molar-refractivity contribution in [2.45, 2.75) is 18.8 Å². The zero-order chi connectivity index (χ0) is 11.0. The molecular formula is C12H14N2O2. The van der Waals surface area contributed by atoms with Crippen LogP contribution in [0, 0.1) is 5.92 Å². The van der Waals surface area contributed by atoms with E-state index in [4.69, 9.17) is 4.74 Å². The summed E-state index contributed by atoms with van der Waals surface area (Å²) in [4.78, 5) is 15.7. The predicted molar refractivity (Wildman–Crippen MR) is 59.2 cm³/mol. The fourth-order valence-electron chi connectivity index (χ4n) is 1.72. The number of pyridine rings is 1. The molecule has 1 aliphatic carbocycles. The van der Waals surface area contributed by atoms with E-state index in [1.807, 2.05) is 18.3 Å². The van der Waals surface area contributed by atoms with Gasteiger partial charge in [0.2, 0.25) is 5.91 Å². The van der Waals surface area contributed by atoms with Crippen molar-refractivity contribution in [2.24, 2.45) is 5.92 Å². The number of aromatic nitrogens is 1. The maximum Gasteiger partial charge on any atom is 0.228 e. The van der Waals surface area contributed by atoms with E-state index in [1.165, 1.54) is 5.56 Å². The van der Waals surface area contributed by atoms with E-state index >= 15 is 0 Å². The molecule has 4 nitrogen and oxygen atoms in total. The van der Waals surface area contributed by atoms with Crippen LogP contribution in [0.4, 0.5) is 5.82 Å². The number of ether oxygens (including phenoxy) is 1. The van der Waals surface area contributed by atoms with Gasteiger partial charge in [-0.15, -0.1) is 0 Å². The highest BCUT2D eigenvalue weighted by atomic mass is 16.5. The summed E-state index contributed by atoms with van der Waals surface area (Å²) in [5.41, 5.74) is 1.19. The largest absolute Gasteiger partial charge is 0.380 e. The van der Waals surface area contributed by atoms with E-state index in [0.29, 0.717) is 11.7 Å². The molecule has 2 fully saturated rings. The first-order chi connectivity index (χ1) is 7.83. The molecule has 0 spiro atoms. The lowest BCUT2D eigenvalue weighted by Gasteiger charge is -2.25. The molecule has 0 unspecified atom stereocenters. The fraction of sp³-hybridized carbons (Fsp3) is 0.500. The number of anilines is 1. The maximum atomic E-state index is 11.5. The van der Waals surface area contributed by atoms with Crippen molar-refractivity contribution in [3.05, 3.63) is 23.9 Å². The number of rotatable bonds is 3. The average molecular weight is 218 g/mol. The third kappa shape index (κ3) is 1.93. The molecule has 2 aliphatic rings. The van der Waals surface area contributed by atoms with Gasteiger partial charge in [-0.25, -0.2) is 4.98 Å². The van der Waals surface area contributed by atoms with Crippen LogP contribution in [0.15, 0.2) is 18.3 Å². The van der Waals surface area contributed by atoms with Crippen LogP contribution in [-0.2, 0) is 9.53 Å². The van der Waals surface area contributed by atoms with Crippen molar-refractivity contribution in [1.29, 1.82) is 0 Å². The second-order valence-electron chi connectivity index (χ2n) is 4.47. The van der Waals surface area contributed by atoms with Gasteiger partial charge in [0.1, 0.15) is 5.82 Å². The predicted octanol–water partition coefficient (Wildman–Crippen LogP) is 1.54.